The molecule has 2 saturated carbocycles. The highest BCUT2D eigenvalue weighted by molar-refractivity contribution is 5.78. The molecule has 0 bridgehead atoms. The molecule has 0 spiro atoms. The van der Waals surface area contributed by atoms with Crippen molar-refractivity contribution in [1.82, 2.24) is 10.2 Å². The van der Waals surface area contributed by atoms with Crippen molar-refractivity contribution >= 4 is 5.91 Å². The van der Waals surface area contributed by atoms with Gasteiger partial charge in [-0.15, -0.1) is 0 Å². The summed E-state index contributed by atoms with van der Waals surface area (Å²) in [6, 6.07) is 0.860. The Hall–Kier alpha value is -0.610. The van der Waals surface area contributed by atoms with Crippen molar-refractivity contribution in [3.63, 3.8) is 0 Å². The number of carbonyl (C=O) groups is 1. The Kier molecular flexibility index (Phi) is 6.97. The number of aliphatic hydroxyl groups is 1. The van der Waals surface area contributed by atoms with Crippen LogP contribution in [0.1, 0.15) is 64.7 Å². The van der Waals surface area contributed by atoms with E-state index in [1.807, 2.05) is 0 Å². The fourth-order valence-electron chi connectivity index (χ4n) is 3.83. The Balaban J connectivity index is 1.77. The summed E-state index contributed by atoms with van der Waals surface area (Å²) < 4.78 is 0. The van der Waals surface area contributed by atoms with E-state index in [9.17, 15) is 9.90 Å². The van der Waals surface area contributed by atoms with Crippen molar-refractivity contribution in [2.75, 3.05) is 19.7 Å². The molecule has 0 aromatic carbocycles. The van der Waals surface area contributed by atoms with Gasteiger partial charge in [0.1, 0.15) is 0 Å². The maximum Gasteiger partial charge on any atom is 0.234 e. The second-order valence-electron chi connectivity index (χ2n) is 7.01. The van der Waals surface area contributed by atoms with Crippen molar-refractivity contribution in [2.45, 2.75) is 76.8 Å². The summed E-state index contributed by atoms with van der Waals surface area (Å²) in [6.07, 6.45) is 10.9. The van der Waals surface area contributed by atoms with Crippen LogP contribution in [0.15, 0.2) is 0 Å². The third-order valence-corrected chi connectivity index (χ3v) is 5.21. The first kappa shape index (κ1) is 16.8. The first-order valence-corrected chi connectivity index (χ1v) is 8.83. The minimum Gasteiger partial charge on any atom is -0.395 e. The standard InChI is InChI=1S/C17H32N2O2/c1-14-7-9-15(10-8-14)18-17(21)13-19(11-12-20)16-5-3-2-4-6-16/h14-16,20H,2-13H2,1H3,(H,18,21). The summed E-state index contributed by atoms with van der Waals surface area (Å²) in [5.74, 6) is 0.958. The minimum atomic E-state index is 0.144. The van der Waals surface area contributed by atoms with Gasteiger partial charge in [0.05, 0.1) is 13.2 Å². The summed E-state index contributed by atoms with van der Waals surface area (Å²) in [5.41, 5.74) is 0. The van der Waals surface area contributed by atoms with Gasteiger partial charge in [-0.3, -0.25) is 9.69 Å². The molecule has 2 rings (SSSR count). The number of rotatable bonds is 6. The van der Waals surface area contributed by atoms with Gasteiger partial charge in [-0.25, -0.2) is 0 Å². The molecule has 0 aromatic rings. The van der Waals surface area contributed by atoms with Crippen molar-refractivity contribution < 1.29 is 9.90 Å². The Labute approximate surface area is 129 Å². The molecule has 21 heavy (non-hydrogen) atoms. The van der Waals surface area contributed by atoms with Crippen LogP contribution in [-0.4, -0.2) is 47.7 Å². The van der Waals surface area contributed by atoms with Crippen LogP contribution in [0.25, 0.3) is 0 Å². The average Bonchev–Trinajstić information content (AvgIpc) is 2.50. The Morgan fingerprint density at radius 1 is 1.10 bits per heavy atom. The van der Waals surface area contributed by atoms with Crippen LogP contribution in [-0.2, 0) is 4.79 Å². The number of nitrogens with one attached hydrogen (secondary N) is 1. The van der Waals surface area contributed by atoms with Crippen molar-refractivity contribution in [2.24, 2.45) is 5.92 Å². The molecule has 122 valence electrons. The van der Waals surface area contributed by atoms with Gasteiger partial charge in [0.15, 0.2) is 0 Å². The monoisotopic (exact) mass is 296 g/mol. The second-order valence-corrected chi connectivity index (χ2v) is 7.01. The molecule has 2 N–H and O–H groups in total. The normalized spacial score (nSPS) is 27.8. The van der Waals surface area contributed by atoms with Crippen molar-refractivity contribution in [3.05, 3.63) is 0 Å². The first-order valence-electron chi connectivity index (χ1n) is 8.83. The van der Waals surface area contributed by atoms with Crippen molar-refractivity contribution in [3.8, 4) is 0 Å². The van der Waals surface area contributed by atoms with Crippen LogP contribution in [0.4, 0.5) is 0 Å². The Bertz CT molecular complexity index is 308. The SMILES string of the molecule is CC1CCC(NC(=O)CN(CCO)C2CCCCC2)CC1. The average molecular weight is 296 g/mol. The maximum absolute atomic E-state index is 12.3. The maximum atomic E-state index is 12.3. The molecule has 0 radical (unpaired) electrons. The number of nitrogens with zero attached hydrogens (tertiary/aromatic N) is 1. The van der Waals surface area contributed by atoms with E-state index in [1.165, 1.54) is 44.9 Å². The number of hydrogen-bond donors (Lipinski definition) is 2. The van der Waals surface area contributed by atoms with E-state index in [4.69, 9.17) is 0 Å². The molecule has 2 aliphatic rings. The number of amides is 1. The van der Waals surface area contributed by atoms with E-state index in [-0.39, 0.29) is 12.5 Å². The highest BCUT2D eigenvalue weighted by atomic mass is 16.3. The molecular formula is C17H32N2O2. The topological polar surface area (TPSA) is 52.6 Å². The highest BCUT2D eigenvalue weighted by Gasteiger charge is 2.24. The van der Waals surface area contributed by atoms with Crippen LogP contribution in [0.5, 0.6) is 0 Å². The van der Waals surface area contributed by atoms with Crippen LogP contribution in [0.3, 0.4) is 0 Å². The lowest BCUT2D eigenvalue weighted by molar-refractivity contribution is -0.124. The first-order chi connectivity index (χ1) is 10.2. The van der Waals surface area contributed by atoms with E-state index in [2.05, 4.69) is 17.1 Å². The van der Waals surface area contributed by atoms with Gasteiger partial charge in [-0.2, -0.15) is 0 Å². The van der Waals surface area contributed by atoms with Crippen LogP contribution in [0.2, 0.25) is 0 Å². The van der Waals surface area contributed by atoms with E-state index in [1.54, 1.807) is 0 Å². The summed E-state index contributed by atoms with van der Waals surface area (Å²) in [5, 5.41) is 12.5. The summed E-state index contributed by atoms with van der Waals surface area (Å²) in [7, 11) is 0. The molecule has 0 aromatic heterocycles. The molecule has 1 amide bonds. The number of aliphatic hydroxyl groups excluding tert-OH is 1. The van der Waals surface area contributed by atoms with E-state index < -0.39 is 0 Å². The molecule has 0 heterocycles. The van der Waals surface area contributed by atoms with Gasteiger partial charge in [0.25, 0.3) is 0 Å². The molecule has 0 atom stereocenters. The zero-order chi connectivity index (χ0) is 15.1. The molecule has 4 heteroatoms. The molecule has 0 saturated heterocycles. The molecule has 2 fully saturated rings. The van der Waals surface area contributed by atoms with Gasteiger partial charge in [0, 0.05) is 18.6 Å². The summed E-state index contributed by atoms with van der Waals surface area (Å²) in [4.78, 5) is 14.5. The van der Waals surface area contributed by atoms with E-state index in [0.29, 0.717) is 25.2 Å². The van der Waals surface area contributed by atoms with Gasteiger partial charge >= 0.3 is 0 Å². The van der Waals surface area contributed by atoms with E-state index >= 15 is 0 Å². The lowest BCUT2D eigenvalue weighted by Gasteiger charge is -2.34. The predicted molar refractivity (Wildman–Crippen MR) is 85.1 cm³/mol. The fraction of sp³-hybridized carbons (Fsp3) is 0.941. The lowest BCUT2D eigenvalue weighted by atomic mass is 9.87. The zero-order valence-electron chi connectivity index (χ0n) is 13.5. The summed E-state index contributed by atoms with van der Waals surface area (Å²) >= 11 is 0. The third kappa shape index (κ3) is 5.59. The fourth-order valence-corrected chi connectivity index (χ4v) is 3.83. The molecule has 0 aliphatic heterocycles. The van der Waals surface area contributed by atoms with Gasteiger partial charge in [-0.05, 0) is 44.4 Å². The van der Waals surface area contributed by atoms with Crippen LogP contribution >= 0.6 is 0 Å². The lowest BCUT2D eigenvalue weighted by Crippen LogP contribution is -2.47. The van der Waals surface area contributed by atoms with Gasteiger partial charge in [0.2, 0.25) is 5.91 Å². The smallest absolute Gasteiger partial charge is 0.234 e. The van der Waals surface area contributed by atoms with Crippen LogP contribution < -0.4 is 5.32 Å². The largest absolute Gasteiger partial charge is 0.395 e. The molecular weight excluding hydrogens is 264 g/mol. The number of hydrogen-bond acceptors (Lipinski definition) is 3. The second kappa shape index (κ2) is 8.74. The van der Waals surface area contributed by atoms with Gasteiger partial charge < -0.3 is 10.4 Å². The molecule has 4 nitrogen and oxygen atoms in total. The van der Waals surface area contributed by atoms with Crippen LogP contribution in [0, 0.1) is 5.92 Å². The number of carbonyl (C=O) groups excluding carboxylic acids is 1. The quantitative estimate of drug-likeness (QED) is 0.791. The Morgan fingerprint density at radius 2 is 1.76 bits per heavy atom. The highest BCUT2D eigenvalue weighted by Crippen LogP contribution is 2.24. The third-order valence-electron chi connectivity index (χ3n) is 5.21. The zero-order valence-corrected chi connectivity index (χ0v) is 13.5. The summed E-state index contributed by atoms with van der Waals surface area (Å²) in [6.45, 7) is 3.52. The van der Waals surface area contributed by atoms with E-state index in [0.717, 1.165) is 18.8 Å². The van der Waals surface area contributed by atoms with Gasteiger partial charge in [-0.1, -0.05) is 26.2 Å². The van der Waals surface area contributed by atoms with Crippen molar-refractivity contribution in [1.29, 1.82) is 0 Å². The molecule has 0 unspecified atom stereocenters. The predicted octanol–water partition coefficient (Wildman–Crippen LogP) is 2.31. The Morgan fingerprint density at radius 3 is 2.38 bits per heavy atom. The minimum absolute atomic E-state index is 0.144. The molecule has 2 aliphatic carbocycles.